The maximum absolute atomic E-state index is 12.4. The van der Waals surface area contributed by atoms with Gasteiger partial charge in [0.05, 0.1) is 13.7 Å². The number of nitrogens with zero attached hydrogens (tertiary/aromatic N) is 1. The van der Waals surface area contributed by atoms with Crippen molar-refractivity contribution in [2.24, 2.45) is 0 Å². The van der Waals surface area contributed by atoms with E-state index >= 15 is 0 Å². The second-order valence-electron chi connectivity index (χ2n) is 4.92. The Hall–Kier alpha value is -2.30. The zero-order chi connectivity index (χ0) is 15.6. The smallest absolute Gasteiger partial charge is 0.329 e. The van der Waals surface area contributed by atoms with E-state index in [0.29, 0.717) is 23.4 Å². The first-order chi connectivity index (χ1) is 9.99. The Labute approximate surface area is 124 Å². The minimum absolute atomic E-state index is 0.267. The van der Waals surface area contributed by atoms with Gasteiger partial charge < -0.3 is 9.47 Å². The molecule has 1 heterocycles. The number of esters is 1. The van der Waals surface area contributed by atoms with Crippen LogP contribution in [0.2, 0.25) is 0 Å². The van der Waals surface area contributed by atoms with Crippen molar-refractivity contribution >= 4 is 17.6 Å². The molecule has 0 aliphatic carbocycles. The van der Waals surface area contributed by atoms with Crippen molar-refractivity contribution in [2.75, 3.05) is 18.6 Å². The fourth-order valence-electron chi connectivity index (χ4n) is 2.44. The Balaban J connectivity index is 2.42. The zero-order valence-corrected chi connectivity index (χ0v) is 12.5. The Kier molecular flexibility index (Phi) is 4.31. The highest BCUT2D eigenvalue weighted by molar-refractivity contribution is 6.10. The molecule has 0 unspecified atom stereocenters. The van der Waals surface area contributed by atoms with Gasteiger partial charge in [0.25, 0.3) is 5.91 Å². The fraction of sp³-hybridized carbons (Fsp3) is 0.375. The van der Waals surface area contributed by atoms with Crippen LogP contribution in [0.4, 0.5) is 5.69 Å². The van der Waals surface area contributed by atoms with Crippen LogP contribution in [-0.2, 0) is 20.7 Å². The predicted molar refractivity (Wildman–Crippen MR) is 79.4 cm³/mol. The number of amides is 1. The first-order valence-corrected chi connectivity index (χ1v) is 6.82. The molecule has 21 heavy (non-hydrogen) atoms. The molecule has 2 rings (SSSR count). The maximum atomic E-state index is 12.4. The summed E-state index contributed by atoms with van der Waals surface area (Å²) in [5.74, 6) is 0.0280. The van der Waals surface area contributed by atoms with Crippen molar-refractivity contribution in [3.05, 3.63) is 35.9 Å². The molecule has 1 aromatic carbocycles. The quantitative estimate of drug-likeness (QED) is 0.629. The van der Waals surface area contributed by atoms with Gasteiger partial charge in [0.1, 0.15) is 11.8 Å². The number of benzene rings is 1. The van der Waals surface area contributed by atoms with Crippen LogP contribution in [0.15, 0.2) is 30.4 Å². The van der Waals surface area contributed by atoms with Crippen LogP contribution in [0.5, 0.6) is 5.75 Å². The van der Waals surface area contributed by atoms with E-state index in [1.54, 1.807) is 33.1 Å². The van der Waals surface area contributed by atoms with Gasteiger partial charge in [-0.25, -0.2) is 4.79 Å². The maximum Gasteiger partial charge on any atom is 0.329 e. The molecule has 1 atom stereocenters. The topological polar surface area (TPSA) is 55.8 Å². The molecular formula is C16H19NO4. The third-order valence-corrected chi connectivity index (χ3v) is 3.41. The second kappa shape index (κ2) is 5.99. The van der Waals surface area contributed by atoms with E-state index in [9.17, 15) is 9.59 Å². The lowest BCUT2D eigenvalue weighted by molar-refractivity contribution is -0.145. The number of hydrogen-bond acceptors (Lipinski definition) is 4. The zero-order valence-electron chi connectivity index (χ0n) is 12.5. The summed E-state index contributed by atoms with van der Waals surface area (Å²) in [5, 5.41) is 0. The highest BCUT2D eigenvalue weighted by atomic mass is 16.5. The molecule has 1 aliphatic rings. The van der Waals surface area contributed by atoms with Crippen molar-refractivity contribution in [2.45, 2.75) is 26.3 Å². The number of carbonyl (C=O) groups excluding carboxylic acids is 2. The average molecular weight is 289 g/mol. The molecule has 5 heteroatoms. The number of rotatable bonds is 4. The van der Waals surface area contributed by atoms with Crippen molar-refractivity contribution in [1.29, 1.82) is 0 Å². The third-order valence-electron chi connectivity index (χ3n) is 3.41. The van der Waals surface area contributed by atoms with Crippen molar-refractivity contribution in [3.63, 3.8) is 0 Å². The largest absolute Gasteiger partial charge is 0.497 e. The molecule has 0 bridgehead atoms. The number of fused-ring (bicyclic) bond motifs is 1. The van der Waals surface area contributed by atoms with Crippen LogP contribution in [0.3, 0.4) is 0 Å². The Morgan fingerprint density at radius 3 is 2.71 bits per heavy atom. The lowest BCUT2D eigenvalue weighted by atomic mass is 10.1. The first-order valence-electron chi connectivity index (χ1n) is 6.82. The van der Waals surface area contributed by atoms with Crippen molar-refractivity contribution in [1.82, 2.24) is 0 Å². The van der Waals surface area contributed by atoms with Gasteiger partial charge in [-0.05, 0) is 37.6 Å². The molecule has 0 spiro atoms. The van der Waals surface area contributed by atoms with E-state index in [1.165, 1.54) is 4.90 Å². The predicted octanol–water partition coefficient (Wildman–Crippen LogP) is 2.09. The van der Waals surface area contributed by atoms with Crippen LogP contribution in [0.1, 0.15) is 19.4 Å². The van der Waals surface area contributed by atoms with Gasteiger partial charge in [-0.1, -0.05) is 6.58 Å². The summed E-state index contributed by atoms with van der Waals surface area (Å²) in [5.41, 5.74) is 1.98. The van der Waals surface area contributed by atoms with Crippen LogP contribution < -0.4 is 9.64 Å². The minimum atomic E-state index is -0.642. The van der Waals surface area contributed by atoms with Gasteiger partial charge in [-0.2, -0.15) is 0 Å². The normalized spacial score (nSPS) is 16.3. The Bertz CT molecular complexity index is 594. The molecule has 0 N–H and O–H groups in total. The molecule has 0 fully saturated rings. The molecular weight excluding hydrogens is 270 g/mol. The number of hydrogen-bond donors (Lipinski definition) is 0. The van der Waals surface area contributed by atoms with Crippen molar-refractivity contribution < 1.29 is 19.1 Å². The number of methoxy groups -OCH3 is 1. The molecule has 1 amide bonds. The van der Waals surface area contributed by atoms with E-state index < -0.39 is 12.0 Å². The molecule has 112 valence electrons. The monoisotopic (exact) mass is 289 g/mol. The average Bonchev–Trinajstić information content (AvgIpc) is 2.84. The molecule has 5 nitrogen and oxygen atoms in total. The van der Waals surface area contributed by atoms with Gasteiger partial charge in [0.2, 0.25) is 0 Å². The molecule has 1 aromatic rings. The minimum Gasteiger partial charge on any atom is -0.497 e. The second-order valence-corrected chi connectivity index (χ2v) is 4.92. The van der Waals surface area contributed by atoms with Crippen molar-refractivity contribution in [3.8, 4) is 5.75 Å². The lowest BCUT2D eigenvalue weighted by Crippen LogP contribution is -2.44. The Morgan fingerprint density at radius 1 is 1.43 bits per heavy atom. The summed E-state index contributed by atoms with van der Waals surface area (Å²) >= 11 is 0. The molecule has 1 aliphatic heterocycles. The van der Waals surface area contributed by atoms with Crippen LogP contribution in [0.25, 0.3) is 0 Å². The van der Waals surface area contributed by atoms with Gasteiger partial charge >= 0.3 is 5.97 Å². The number of carbonyl (C=O) groups is 2. The SMILES string of the molecule is C=C(C)C(=O)N1c2ccc(OC)cc2C[C@@H]1C(=O)OCC. The summed E-state index contributed by atoms with van der Waals surface area (Å²) in [4.78, 5) is 26.0. The molecule has 0 aromatic heterocycles. The van der Waals surface area contributed by atoms with Gasteiger partial charge in [-0.3, -0.25) is 9.69 Å². The van der Waals surface area contributed by atoms with E-state index in [-0.39, 0.29) is 12.5 Å². The van der Waals surface area contributed by atoms with Gasteiger partial charge in [0, 0.05) is 17.7 Å². The summed E-state index contributed by atoms with van der Waals surface area (Å²) in [6.07, 6.45) is 0.421. The van der Waals surface area contributed by atoms with Crippen LogP contribution in [-0.4, -0.2) is 31.6 Å². The molecule has 0 saturated heterocycles. The van der Waals surface area contributed by atoms with Crippen LogP contribution in [0, 0.1) is 0 Å². The lowest BCUT2D eigenvalue weighted by Gasteiger charge is -2.24. The van der Waals surface area contributed by atoms with Gasteiger partial charge in [0.15, 0.2) is 0 Å². The number of anilines is 1. The molecule has 0 radical (unpaired) electrons. The number of ether oxygens (including phenoxy) is 2. The third kappa shape index (κ3) is 2.77. The fourth-order valence-corrected chi connectivity index (χ4v) is 2.44. The Morgan fingerprint density at radius 2 is 2.14 bits per heavy atom. The first kappa shape index (κ1) is 15.1. The molecule has 0 saturated carbocycles. The standard InChI is InChI=1S/C16H19NO4/c1-5-21-16(19)14-9-11-8-12(20-4)6-7-13(11)17(14)15(18)10(2)3/h6-8,14H,2,5,9H2,1,3-4H3/t14-/m1/s1. The highest BCUT2D eigenvalue weighted by Gasteiger charge is 2.39. The van der Waals surface area contributed by atoms with E-state index in [0.717, 1.165) is 5.56 Å². The van der Waals surface area contributed by atoms with Gasteiger partial charge in [-0.15, -0.1) is 0 Å². The summed E-state index contributed by atoms with van der Waals surface area (Å²) in [7, 11) is 1.58. The van der Waals surface area contributed by atoms with Crippen LogP contribution >= 0.6 is 0 Å². The summed E-state index contributed by atoms with van der Waals surface area (Å²) in [6.45, 7) is 7.33. The van der Waals surface area contributed by atoms with E-state index in [1.807, 2.05) is 6.07 Å². The van der Waals surface area contributed by atoms with E-state index in [4.69, 9.17) is 9.47 Å². The summed E-state index contributed by atoms with van der Waals surface area (Å²) < 4.78 is 10.3. The summed E-state index contributed by atoms with van der Waals surface area (Å²) in [6, 6.07) is 4.75. The van der Waals surface area contributed by atoms with E-state index in [2.05, 4.69) is 6.58 Å². The highest BCUT2D eigenvalue weighted by Crippen LogP contribution is 2.36.